The van der Waals surface area contributed by atoms with Gasteiger partial charge in [0.05, 0.1) is 13.2 Å². The molecule has 0 aliphatic rings. The van der Waals surface area contributed by atoms with Crippen molar-refractivity contribution in [2.24, 2.45) is 0 Å². The zero-order valence-corrected chi connectivity index (χ0v) is 6.63. The van der Waals surface area contributed by atoms with E-state index < -0.39 is 0 Å². The van der Waals surface area contributed by atoms with Crippen molar-refractivity contribution < 1.29 is 34.6 Å². The van der Waals surface area contributed by atoms with Gasteiger partial charge in [-0.25, -0.2) is 0 Å². The molecule has 4 heteroatoms. The first-order valence-corrected chi connectivity index (χ1v) is 3.01. The summed E-state index contributed by atoms with van der Waals surface area (Å²) in [4.78, 5) is 9.67. The maximum Gasteiger partial charge on any atom is 1.00 e. The Morgan fingerprint density at radius 1 is 1.40 bits per heavy atom. The normalized spacial score (nSPS) is 8.50. The largest absolute Gasteiger partial charge is 1.00 e. The van der Waals surface area contributed by atoms with Crippen LogP contribution in [-0.2, 0) is 14.3 Å². The molecule has 0 bridgehead atoms. The van der Waals surface area contributed by atoms with Crippen molar-refractivity contribution in [1.82, 2.24) is 0 Å². The van der Waals surface area contributed by atoms with Crippen LogP contribution in [0.2, 0.25) is 0 Å². The van der Waals surface area contributed by atoms with Crippen molar-refractivity contribution in [2.75, 3.05) is 26.4 Å². The van der Waals surface area contributed by atoms with E-state index in [1.807, 2.05) is 6.92 Å². The topological polar surface area (TPSA) is 35.5 Å². The fourth-order valence-electron chi connectivity index (χ4n) is 0.394. The third-order valence-corrected chi connectivity index (χ3v) is 0.762. The van der Waals surface area contributed by atoms with Crippen molar-refractivity contribution in [3.8, 4) is 0 Å². The van der Waals surface area contributed by atoms with Gasteiger partial charge >= 0.3 is 18.9 Å². The zero-order chi connectivity index (χ0) is 6.95. The second-order valence-electron chi connectivity index (χ2n) is 1.44. The van der Waals surface area contributed by atoms with Crippen molar-refractivity contribution in [3.63, 3.8) is 0 Å². The van der Waals surface area contributed by atoms with Gasteiger partial charge in [-0.05, 0) is 6.92 Å². The summed E-state index contributed by atoms with van der Waals surface area (Å²) < 4.78 is 9.73. The summed E-state index contributed by atoms with van der Waals surface area (Å²) in [5.74, 6) is 0. The van der Waals surface area contributed by atoms with E-state index in [0.717, 1.165) is 6.29 Å². The second-order valence-corrected chi connectivity index (χ2v) is 1.44. The van der Waals surface area contributed by atoms with Crippen LogP contribution in [0.3, 0.4) is 0 Å². The summed E-state index contributed by atoms with van der Waals surface area (Å²) in [5, 5.41) is 0. The molecule has 0 saturated carbocycles. The van der Waals surface area contributed by atoms with Crippen LogP contribution in [0.25, 0.3) is 0 Å². The molecule has 0 heterocycles. The fourth-order valence-corrected chi connectivity index (χ4v) is 0.394. The molecule has 0 aromatic heterocycles. The molecule has 10 heavy (non-hydrogen) atoms. The van der Waals surface area contributed by atoms with E-state index in [2.05, 4.69) is 0 Å². The molecule has 0 aromatic rings. The van der Waals surface area contributed by atoms with Crippen molar-refractivity contribution in [2.45, 2.75) is 6.92 Å². The third-order valence-electron chi connectivity index (χ3n) is 0.762. The number of ether oxygens (including phenoxy) is 2. The molecule has 56 valence electrons. The fraction of sp³-hybridized carbons (Fsp3) is 0.833. The van der Waals surface area contributed by atoms with Gasteiger partial charge in [0, 0.05) is 6.61 Å². The van der Waals surface area contributed by atoms with Gasteiger partial charge in [0.25, 0.3) is 0 Å². The molecule has 0 unspecified atom stereocenters. The summed E-state index contributed by atoms with van der Waals surface area (Å²) >= 11 is 0. The Morgan fingerprint density at radius 2 is 2.00 bits per heavy atom. The first-order valence-electron chi connectivity index (χ1n) is 3.01. The van der Waals surface area contributed by atoms with Crippen LogP contribution in [0.15, 0.2) is 0 Å². The predicted molar refractivity (Wildman–Crippen MR) is 34.5 cm³/mol. The number of hydrogen-bond donors (Lipinski definition) is 0. The maximum absolute atomic E-state index is 9.67. The van der Waals surface area contributed by atoms with Gasteiger partial charge in [0.1, 0.15) is 12.9 Å². The van der Waals surface area contributed by atoms with Gasteiger partial charge in [-0.3, -0.25) is 0 Å². The standard InChI is InChI=1S/C6H12O3.Li.H/c1-2-8-5-6-9-4-3-7;;/h3H,2,4-6H2,1H3;;/q;+1;-1. The molecule has 0 radical (unpaired) electrons. The first kappa shape index (κ1) is 12.8. The Bertz CT molecular complexity index is 72.8. The van der Waals surface area contributed by atoms with E-state index in [9.17, 15) is 4.79 Å². The van der Waals surface area contributed by atoms with E-state index in [0.29, 0.717) is 19.8 Å². The van der Waals surface area contributed by atoms with Gasteiger partial charge in [-0.2, -0.15) is 0 Å². The molecule has 0 aromatic carbocycles. The number of rotatable bonds is 6. The quantitative estimate of drug-likeness (QED) is 0.230. The monoisotopic (exact) mass is 140 g/mol. The molecule has 0 saturated heterocycles. The summed E-state index contributed by atoms with van der Waals surface area (Å²) in [6.45, 7) is 3.87. The summed E-state index contributed by atoms with van der Waals surface area (Å²) in [6.07, 6.45) is 0.728. The van der Waals surface area contributed by atoms with Crippen molar-refractivity contribution in [1.29, 1.82) is 0 Å². The van der Waals surface area contributed by atoms with Gasteiger partial charge in [-0.1, -0.05) is 0 Å². The molecule has 3 nitrogen and oxygen atoms in total. The summed E-state index contributed by atoms with van der Waals surface area (Å²) in [5.41, 5.74) is 0. The van der Waals surface area contributed by atoms with Crippen molar-refractivity contribution in [3.05, 3.63) is 0 Å². The van der Waals surface area contributed by atoms with E-state index in [4.69, 9.17) is 9.47 Å². The summed E-state index contributed by atoms with van der Waals surface area (Å²) in [6, 6.07) is 0. The Balaban J connectivity index is -0.000000320. The number of hydrogen-bond acceptors (Lipinski definition) is 3. The Kier molecular flexibility index (Phi) is 15.3. The van der Waals surface area contributed by atoms with Crippen LogP contribution >= 0.6 is 0 Å². The van der Waals surface area contributed by atoms with Crippen LogP contribution in [-0.4, -0.2) is 32.7 Å². The van der Waals surface area contributed by atoms with Crippen LogP contribution in [0.4, 0.5) is 0 Å². The van der Waals surface area contributed by atoms with E-state index in [1.165, 1.54) is 0 Å². The van der Waals surface area contributed by atoms with Crippen LogP contribution in [0.1, 0.15) is 8.35 Å². The zero-order valence-electron chi connectivity index (χ0n) is 7.63. The number of carbonyl (C=O) groups excluding carboxylic acids is 1. The smallest absolute Gasteiger partial charge is 1.00 e. The van der Waals surface area contributed by atoms with Crippen LogP contribution in [0, 0.1) is 0 Å². The van der Waals surface area contributed by atoms with Crippen LogP contribution < -0.4 is 18.9 Å². The minimum Gasteiger partial charge on any atom is -1.00 e. The second kappa shape index (κ2) is 11.9. The Labute approximate surface area is 74.7 Å². The average molecular weight is 140 g/mol. The van der Waals surface area contributed by atoms with Gasteiger partial charge in [0.2, 0.25) is 0 Å². The molecule has 0 amide bonds. The number of carbonyl (C=O) groups is 1. The predicted octanol–water partition coefficient (Wildman–Crippen LogP) is -2.65. The Hall–Kier alpha value is 0.187. The first-order chi connectivity index (χ1) is 4.41. The number of aldehydes is 1. The SMILES string of the molecule is CCOCCOCC=O.[H-].[Li+]. The average Bonchev–Trinajstić information content (AvgIpc) is 1.89. The van der Waals surface area contributed by atoms with Gasteiger partial charge in [-0.15, -0.1) is 0 Å². The molecule has 0 atom stereocenters. The molecule has 0 rings (SSSR count). The van der Waals surface area contributed by atoms with Crippen molar-refractivity contribution >= 4 is 6.29 Å². The maximum atomic E-state index is 9.67. The van der Waals surface area contributed by atoms with E-state index >= 15 is 0 Å². The minimum atomic E-state index is 0. The van der Waals surface area contributed by atoms with Gasteiger partial charge in [0.15, 0.2) is 0 Å². The molecule has 0 N–H and O–H groups in total. The Morgan fingerprint density at radius 3 is 2.50 bits per heavy atom. The molecule has 0 spiro atoms. The third kappa shape index (κ3) is 11.0. The molecular weight excluding hydrogens is 127 g/mol. The molecular formula is C6H13LiO3. The summed E-state index contributed by atoms with van der Waals surface area (Å²) in [7, 11) is 0. The van der Waals surface area contributed by atoms with Crippen LogP contribution in [0.5, 0.6) is 0 Å². The molecule has 0 aliphatic carbocycles. The molecule has 0 fully saturated rings. The minimum absolute atomic E-state index is 0. The molecule has 0 aliphatic heterocycles. The van der Waals surface area contributed by atoms with E-state index in [1.54, 1.807) is 0 Å². The van der Waals surface area contributed by atoms with E-state index in [-0.39, 0.29) is 26.9 Å². The van der Waals surface area contributed by atoms with Gasteiger partial charge < -0.3 is 15.7 Å².